The number of carbonyl (C=O) groups is 2. The van der Waals surface area contributed by atoms with Gasteiger partial charge in [-0.1, -0.05) is 20.8 Å². The molecular formula is C18H24N4O4. The first-order chi connectivity index (χ1) is 12.2. The number of carbonyl (C=O) groups excluding carboxylic acids is 2. The van der Waals surface area contributed by atoms with Crippen molar-refractivity contribution in [3.05, 3.63) is 34.4 Å². The van der Waals surface area contributed by atoms with E-state index in [2.05, 4.69) is 36.6 Å². The molecule has 8 heteroatoms. The van der Waals surface area contributed by atoms with Crippen molar-refractivity contribution in [3.8, 4) is 0 Å². The number of hydrogen-bond acceptors (Lipinski definition) is 5. The number of nitrogens with zero attached hydrogens (tertiary/aromatic N) is 2. The van der Waals surface area contributed by atoms with E-state index in [0.717, 1.165) is 31.4 Å². The second kappa shape index (κ2) is 8.07. The molecule has 0 heterocycles. The minimum Gasteiger partial charge on any atom is -0.318 e. The highest BCUT2D eigenvalue weighted by molar-refractivity contribution is 6.39. The number of rotatable bonds is 3. The molecule has 26 heavy (non-hydrogen) atoms. The molecule has 1 aliphatic carbocycles. The van der Waals surface area contributed by atoms with Crippen molar-refractivity contribution in [2.75, 3.05) is 5.32 Å². The summed E-state index contributed by atoms with van der Waals surface area (Å²) in [6.07, 6.45) is 3.67. The Morgan fingerprint density at radius 2 is 1.69 bits per heavy atom. The number of non-ortho nitro benzene ring substituents is 1. The summed E-state index contributed by atoms with van der Waals surface area (Å²) < 4.78 is 0. The molecule has 1 saturated carbocycles. The van der Waals surface area contributed by atoms with Crippen LogP contribution in [0.2, 0.25) is 0 Å². The molecule has 1 aromatic rings. The van der Waals surface area contributed by atoms with Crippen LogP contribution in [-0.2, 0) is 9.59 Å². The van der Waals surface area contributed by atoms with Crippen molar-refractivity contribution >= 4 is 28.9 Å². The van der Waals surface area contributed by atoms with Crippen molar-refractivity contribution in [3.63, 3.8) is 0 Å². The molecule has 8 nitrogen and oxygen atoms in total. The second-order valence-electron chi connectivity index (χ2n) is 7.52. The summed E-state index contributed by atoms with van der Waals surface area (Å²) in [7, 11) is 0. The number of hydrazone groups is 1. The van der Waals surface area contributed by atoms with Crippen molar-refractivity contribution < 1.29 is 14.5 Å². The molecular weight excluding hydrogens is 336 g/mol. The Bertz CT molecular complexity index is 710. The van der Waals surface area contributed by atoms with E-state index in [1.54, 1.807) is 0 Å². The quantitative estimate of drug-likeness (QED) is 0.489. The standard InChI is InChI=1S/C18H24N4O4/c1-18(2,3)12-4-6-14(7-5-12)20-21-17(24)16(23)19-13-8-10-15(11-9-13)22(25)26/h8-12H,4-7H2,1-3H3,(H,19,23)(H,21,24). The Kier molecular flexibility index (Phi) is 6.07. The van der Waals surface area contributed by atoms with Crippen LogP contribution in [0.5, 0.6) is 0 Å². The molecule has 1 fully saturated rings. The van der Waals surface area contributed by atoms with Gasteiger partial charge >= 0.3 is 11.8 Å². The van der Waals surface area contributed by atoms with Crippen molar-refractivity contribution in [1.29, 1.82) is 0 Å². The summed E-state index contributed by atoms with van der Waals surface area (Å²) >= 11 is 0. The van der Waals surface area contributed by atoms with E-state index < -0.39 is 16.7 Å². The number of hydrogen-bond donors (Lipinski definition) is 2. The highest BCUT2D eigenvalue weighted by Gasteiger charge is 2.28. The molecule has 0 unspecified atom stereocenters. The number of nitro benzene ring substituents is 1. The topological polar surface area (TPSA) is 114 Å². The summed E-state index contributed by atoms with van der Waals surface area (Å²) in [6, 6.07) is 5.23. The van der Waals surface area contributed by atoms with E-state index in [4.69, 9.17) is 0 Å². The van der Waals surface area contributed by atoms with Crippen LogP contribution in [0.3, 0.4) is 0 Å². The molecule has 1 aromatic carbocycles. The SMILES string of the molecule is CC(C)(C)C1CCC(=NNC(=O)C(=O)Nc2ccc([N+](=O)[O-])cc2)CC1. The zero-order valence-electron chi connectivity index (χ0n) is 15.2. The van der Waals surface area contributed by atoms with E-state index in [-0.39, 0.29) is 11.1 Å². The Morgan fingerprint density at radius 3 is 2.19 bits per heavy atom. The van der Waals surface area contributed by atoms with Crippen LogP contribution in [0.1, 0.15) is 46.5 Å². The summed E-state index contributed by atoms with van der Waals surface area (Å²) in [4.78, 5) is 33.8. The van der Waals surface area contributed by atoms with Gasteiger partial charge in [-0.2, -0.15) is 5.10 Å². The second-order valence-corrected chi connectivity index (χ2v) is 7.52. The van der Waals surface area contributed by atoms with Gasteiger partial charge < -0.3 is 5.32 Å². The fraction of sp³-hybridized carbons (Fsp3) is 0.500. The zero-order chi connectivity index (χ0) is 19.3. The summed E-state index contributed by atoms with van der Waals surface area (Å²) in [5.41, 5.74) is 3.65. The molecule has 0 spiro atoms. The first kappa shape index (κ1) is 19.6. The first-order valence-electron chi connectivity index (χ1n) is 8.58. The average Bonchev–Trinajstić information content (AvgIpc) is 2.59. The van der Waals surface area contributed by atoms with E-state index >= 15 is 0 Å². The van der Waals surface area contributed by atoms with Gasteiger partial charge in [0.05, 0.1) is 4.92 Å². The molecule has 0 atom stereocenters. The molecule has 0 radical (unpaired) electrons. The lowest BCUT2D eigenvalue weighted by atomic mass is 9.72. The molecule has 0 saturated heterocycles. The van der Waals surface area contributed by atoms with Gasteiger partial charge in [0.15, 0.2) is 0 Å². The van der Waals surface area contributed by atoms with Crippen molar-refractivity contribution in [2.24, 2.45) is 16.4 Å². The molecule has 2 N–H and O–H groups in total. The maximum Gasteiger partial charge on any atom is 0.329 e. The lowest BCUT2D eigenvalue weighted by Crippen LogP contribution is -2.33. The van der Waals surface area contributed by atoms with Gasteiger partial charge in [0.2, 0.25) is 0 Å². The molecule has 0 bridgehead atoms. The Hall–Kier alpha value is -2.77. The van der Waals surface area contributed by atoms with Crippen LogP contribution in [-0.4, -0.2) is 22.4 Å². The highest BCUT2D eigenvalue weighted by Crippen LogP contribution is 2.36. The molecule has 2 amide bonds. The normalized spacial score (nSPS) is 17.3. The Balaban J connectivity index is 1.84. The highest BCUT2D eigenvalue weighted by atomic mass is 16.6. The number of amides is 2. The van der Waals surface area contributed by atoms with Gasteiger partial charge in [0.25, 0.3) is 5.69 Å². The van der Waals surface area contributed by atoms with Crippen molar-refractivity contribution in [1.82, 2.24) is 5.43 Å². The van der Waals surface area contributed by atoms with Gasteiger partial charge in [-0.3, -0.25) is 19.7 Å². The van der Waals surface area contributed by atoms with E-state index in [9.17, 15) is 19.7 Å². The first-order valence-corrected chi connectivity index (χ1v) is 8.58. The van der Waals surface area contributed by atoms with E-state index in [1.807, 2.05) is 0 Å². The van der Waals surface area contributed by atoms with Crippen LogP contribution in [0.15, 0.2) is 29.4 Å². The van der Waals surface area contributed by atoms with Crippen LogP contribution in [0.25, 0.3) is 0 Å². The minimum absolute atomic E-state index is 0.0929. The predicted molar refractivity (Wildman–Crippen MR) is 98.7 cm³/mol. The van der Waals surface area contributed by atoms with Crippen LogP contribution < -0.4 is 10.7 Å². The minimum atomic E-state index is -0.869. The monoisotopic (exact) mass is 360 g/mol. The van der Waals surface area contributed by atoms with Gasteiger partial charge in [0.1, 0.15) is 0 Å². The predicted octanol–water partition coefficient (Wildman–Crippen LogP) is 3.24. The number of benzene rings is 1. The van der Waals surface area contributed by atoms with Gasteiger partial charge in [-0.15, -0.1) is 0 Å². The third-order valence-corrected chi connectivity index (χ3v) is 4.65. The maximum absolute atomic E-state index is 11.9. The molecule has 1 aliphatic rings. The third-order valence-electron chi connectivity index (χ3n) is 4.65. The largest absolute Gasteiger partial charge is 0.329 e. The zero-order valence-corrected chi connectivity index (χ0v) is 15.2. The van der Waals surface area contributed by atoms with Crippen LogP contribution in [0.4, 0.5) is 11.4 Å². The fourth-order valence-electron chi connectivity index (χ4n) is 2.96. The van der Waals surface area contributed by atoms with Crippen LogP contribution in [0, 0.1) is 21.4 Å². The van der Waals surface area contributed by atoms with Crippen LogP contribution >= 0.6 is 0 Å². The molecule has 0 aromatic heterocycles. The Labute approximate surface area is 152 Å². The number of anilines is 1. The van der Waals surface area contributed by atoms with Gasteiger partial charge in [-0.05, 0) is 49.1 Å². The maximum atomic E-state index is 11.9. The molecule has 2 rings (SSSR count). The summed E-state index contributed by atoms with van der Waals surface area (Å²) in [6.45, 7) is 6.68. The smallest absolute Gasteiger partial charge is 0.318 e. The summed E-state index contributed by atoms with van der Waals surface area (Å²) in [5.74, 6) is -1.11. The fourth-order valence-corrected chi connectivity index (χ4v) is 2.96. The van der Waals surface area contributed by atoms with E-state index in [0.29, 0.717) is 11.6 Å². The lowest BCUT2D eigenvalue weighted by Gasteiger charge is -2.34. The van der Waals surface area contributed by atoms with Gasteiger partial charge in [0, 0.05) is 23.5 Å². The number of nitrogens with one attached hydrogen (secondary N) is 2. The Morgan fingerprint density at radius 1 is 1.12 bits per heavy atom. The lowest BCUT2D eigenvalue weighted by molar-refractivity contribution is -0.384. The van der Waals surface area contributed by atoms with Gasteiger partial charge in [-0.25, -0.2) is 5.43 Å². The number of nitro groups is 1. The average molecular weight is 360 g/mol. The molecule has 140 valence electrons. The van der Waals surface area contributed by atoms with Crippen molar-refractivity contribution in [2.45, 2.75) is 46.5 Å². The summed E-state index contributed by atoms with van der Waals surface area (Å²) in [5, 5.41) is 17.0. The van der Waals surface area contributed by atoms with E-state index in [1.165, 1.54) is 24.3 Å². The molecule has 0 aliphatic heterocycles. The third kappa shape index (κ3) is 5.37.